The number of nitrogens with zero attached hydrogens (tertiary/aromatic N) is 1. The maximum Gasteiger partial charge on any atom is 0.308 e. The van der Waals surface area contributed by atoms with Crippen molar-refractivity contribution in [2.24, 2.45) is 0 Å². The summed E-state index contributed by atoms with van der Waals surface area (Å²) in [5.41, 5.74) is -1.11. The van der Waals surface area contributed by atoms with Crippen molar-refractivity contribution in [2.45, 2.75) is 26.4 Å². The standard InChI is InChI=1S/C14H14N2O5/c1-8(17)16-13-11(20-9(2)18)12(19)14(3,21-13)10-6-4-5-7-15-10/h4-7H,1-3H3,(H,16,17). The largest absolute Gasteiger partial charge is 0.455 e. The monoisotopic (exact) mass is 290 g/mol. The number of aromatic nitrogens is 1. The van der Waals surface area contributed by atoms with E-state index in [4.69, 9.17) is 9.47 Å². The van der Waals surface area contributed by atoms with Gasteiger partial charge in [-0.2, -0.15) is 0 Å². The molecule has 1 aromatic rings. The fourth-order valence-electron chi connectivity index (χ4n) is 1.91. The van der Waals surface area contributed by atoms with E-state index >= 15 is 0 Å². The molecule has 1 aliphatic rings. The van der Waals surface area contributed by atoms with Gasteiger partial charge in [-0.1, -0.05) is 6.07 Å². The number of ether oxygens (including phenoxy) is 2. The van der Waals surface area contributed by atoms with Crippen LogP contribution in [0.3, 0.4) is 0 Å². The number of nitrogens with one attached hydrogen (secondary N) is 1. The second-order valence-electron chi connectivity index (χ2n) is 4.61. The fourth-order valence-corrected chi connectivity index (χ4v) is 1.91. The lowest BCUT2D eigenvalue weighted by atomic mass is 9.96. The van der Waals surface area contributed by atoms with Crippen molar-refractivity contribution < 1.29 is 23.9 Å². The Labute approximate surface area is 121 Å². The molecule has 110 valence electrons. The first-order chi connectivity index (χ1) is 9.84. The van der Waals surface area contributed by atoms with E-state index in [1.54, 1.807) is 18.2 Å². The molecule has 1 aliphatic heterocycles. The molecule has 1 amide bonds. The molecule has 1 N–H and O–H groups in total. The van der Waals surface area contributed by atoms with E-state index in [0.29, 0.717) is 5.69 Å². The summed E-state index contributed by atoms with van der Waals surface area (Å²) in [6.45, 7) is 3.90. The highest BCUT2D eigenvalue weighted by atomic mass is 16.6. The minimum Gasteiger partial charge on any atom is -0.455 e. The van der Waals surface area contributed by atoms with Crippen LogP contribution >= 0.6 is 0 Å². The van der Waals surface area contributed by atoms with Crippen LogP contribution in [-0.2, 0) is 29.5 Å². The number of esters is 1. The Balaban J connectivity index is 2.42. The highest BCUT2D eigenvalue weighted by molar-refractivity contribution is 6.04. The van der Waals surface area contributed by atoms with Gasteiger partial charge < -0.3 is 9.47 Å². The molecule has 0 saturated heterocycles. The van der Waals surface area contributed by atoms with Crippen LogP contribution < -0.4 is 5.32 Å². The Hall–Kier alpha value is -2.70. The van der Waals surface area contributed by atoms with Crippen molar-refractivity contribution in [3.8, 4) is 0 Å². The van der Waals surface area contributed by atoms with Crippen molar-refractivity contribution in [1.82, 2.24) is 10.3 Å². The molecule has 0 radical (unpaired) electrons. The molecule has 2 heterocycles. The van der Waals surface area contributed by atoms with Gasteiger partial charge in [-0.05, 0) is 19.1 Å². The van der Waals surface area contributed by atoms with Crippen LogP contribution in [0.5, 0.6) is 0 Å². The third-order valence-electron chi connectivity index (χ3n) is 2.84. The van der Waals surface area contributed by atoms with E-state index in [0.717, 1.165) is 6.92 Å². The molecule has 21 heavy (non-hydrogen) atoms. The quantitative estimate of drug-likeness (QED) is 0.826. The van der Waals surface area contributed by atoms with E-state index in [-0.39, 0.29) is 11.6 Å². The molecule has 1 atom stereocenters. The Kier molecular flexibility index (Phi) is 3.75. The van der Waals surface area contributed by atoms with Crippen molar-refractivity contribution in [3.05, 3.63) is 41.7 Å². The van der Waals surface area contributed by atoms with Crippen molar-refractivity contribution in [3.63, 3.8) is 0 Å². The molecular formula is C14H14N2O5. The highest BCUT2D eigenvalue weighted by Crippen LogP contribution is 2.37. The Morgan fingerprint density at radius 2 is 2.05 bits per heavy atom. The van der Waals surface area contributed by atoms with Crippen LogP contribution in [0.2, 0.25) is 0 Å². The molecule has 0 fully saturated rings. The van der Waals surface area contributed by atoms with E-state index in [1.807, 2.05) is 0 Å². The van der Waals surface area contributed by atoms with E-state index in [2.05, 4.69) is 10.3 Å². The summed E-state index contributed by atoms with van der Waals surface area (Å²) >= 11 is 0. The predicted octanol–water partition coefficient (Wildman–Crippen LogP) is 0.764. The van der Waals surface area contributed by atoms with Crippen LogP contribution in [0.25, 0.3) is 0 Å². The first kappa shape index (κ1) is 14.7. The zero-order chi connectivity index (χ0) is 15.6. The van der Waals surface area contributed by atoms with Gasteiger partial charge in [0, 0.05) is 20.0 Å². The van der Waals surface area contributed by atoms with Crippen LogP contribution in [0, 0.1) is 0 Å². The van der Waals surface area contributed by atoms with Crippen molar-refractivity contribution >= 4 is 17.7 Å². The number of Topliss-reactive ketones (excluding diaryl/α,β-unsaturated/α-hetero) is 1. The molecule has 7 heteroatoms. The fraction of sp³-hybridized carbons (Fsp3) is 0.286. The highest BCUT2D eigenvalue weighted by Gasteiger charge is 2.50. The number of rotatable bonds is 3. The normalized spacial score (nSPS) is 21.0. The average Bonchev–Trinajstić information content (AvgIpc) is 2.64. The van der Waals surface area contributed by atoms with Crippen molar-refractivity contribution in [2.75, 3.05) is 0 Å². The van der Waals surface area contributed by atoms with Gasteiger partial charge in [0.25, 0.3) is 5.78 Å². The lowest BCUT2D eigenvalue weighted by Crippen LogP contribution is -2.33. The number of hydrogen-bond donors (Lipinski definition) is 1. The maximum absolute atomic E-state index is 12.5. The summed E-state index contributed by atoms with van der Waals surface area (Å²) in [7, 11) is 0. The Morgan fingerprint density at radius 3 is 2.57 bits per heavy atom. The number of pyridine rings is 1. The van der Waals surface area contributed by atoms with Gasteiger partial charge in [0.15, 0.2) is 0 Å². The molecule has 7 nitrogen and oxygen atoms in total. The smallest absolute Gasteiger partial charge is 0.308 e. The molecule has 2 rings (SSSR count). The van der Waals surface area contributed by atoms with Gasteiger partial charge in [-0.25, -0.2) is 0 Å². The Bertz CT molecular complexity index is 638. The molecule has 0 spiro atoms. The third-order valence-corrected chi connectivity index (χ3v) is 2.84. The van der Waals surface area contributed by atoms with E-state index in [9.17, 15) is 14.4 Å². The van der Waals surface area contributed by atoms with E-state index in [1.165, 1.54) is 20.0 Å². The topological polar surface area (TPSA) is 94.6 Å². The van der Waals surface area contributed by atoms with Gasteiger partial charge >= 0.3 is 5.97 Å². The second-order valence-corrected chi connectivity index (χ2v) is 4.61. The Morgan fingerprint density at radius 1 is 1.33 bits per heavy atom. The molecule has 1 unspecified atom stereocenters. The SMILES string of the molecule is CC(=O)NC1=C(OC(C)=O)C(=O)C(C)(c2ccccn2)O1. The molecular weight excluding hydrogens is 276 g/mol. The lowest BCUT2D eigenvalue weighted by Gasteiger charge is -2.22. The van der Waals surface area contributed by atoms with Crippen LogP contribution in [0.1, 0.15) is 26.5 Å². The molecule has 1 aromatic heterocycles. The number of carbonyl (C=O) groups is 3. The minimum atomic E-state index is -1.45. The summed E-state index contributed by atoms with van der Waals surface area (Å²) in [5, 5.41) is 2.35. The number of hydrogen-bond acceptors (Lipinski definition) is 6. The summed E-state index contributed by atoms with van der Waals surface area (Å²) < 4.78 is 10.4. The molecule has 0 aromatic carbocycles. The van der Waals surface area contributed by atoms with Gasteiger partial charge in [-0.3, -0.25) is 24.7 Å². The molecule has 0 bridgehead atoms. The predicted molar refractivity (Wildman–Crippen MR) is 70.3 cm³/mol. The second kappa shape index (κ2) is 5.35. The first-order valence-corrected chi connectivity index (χ1v) is 6.20. The van der Waals surface area contributed by atoms with Gasteiger partial charge in [-0.15, -0.1) is 0 Å². The summed E-state index contributed by atoms with van der Waals surface area (Å²) in [4.78, 5) is 38.9. The van der Waals surface area contributed by atoms with Crippen molar-refractivity contribution in [1.29, 1.82) is 0 Å². The summed E-state index contributed by atoms with van der Waals surface area (Å²) in [6, 6.07) is 5.01. The van der Waals surface area contributed by atoms with Gasteiger partial charge in [0.05, 0.1) is 5.69 Å². The number of amides is 1. The summed E-state index contributed by atoms with van der Waals surface area (Å²) in [5.74, 6) is -2.23. The maximum atomic E-state index is 12.5. The van der Waals surface area contributed by atoms with Crippen LogP contribution in [0.15, 0.2) is 36.0 Å². The average molecular weight is 290 g/mol. The number of carbonyl (C=O) groups excluding carboxylic acids is 3. The van der Waals surface area contributed by atoms with Gasteiger partial charge in [0.1, 0.15) is 0 Å². The van der Waals surface area contributed by atoms with Crippen LogP contribution in [-0.4, -0.2) is 22.6 Å². The lowest BCUT2D eigenvalue weighted by molar-refractivity contribution is -0.142. The zero-order valence-corrected chi connectivity index (χ0v) is 11.8. The third kappa shape index (κ3) is 2.76. The molecule has 0 aliphatic carbocycles. The number of ketones is 1. The van der Waals surface area contributed by atoms with Gasteiger partial charge in [0.2, 0.25) is 23.2 Å². The first-order valence-electron chi connectivity index (χ1n) is 6.20. The minimum absolute atomic E-state index is 0.184. The van der Waals surface area contributed by atoms with Crippen LogP contribution in [0.4, 0.5) is 0 Å². The van der Waals surface area contributed by atoms with E-state index < -0.39 is 23.3 Å². The summed E-state index contributed by atoms with van der Waals surface area (Å²) in [6.07, 6.45) is 1.51. The molecule has 0 saturated carbocycles. The zero-order valence-electron chi connectivity index (χ0n) is 11.8.